The number of likely N-dealkylation sites (tertiary alicyclic amines) is 2. The first-order valence-electron chi connectivity index (χ1n) is 12.6. The van der Waals surface area contributed by atoms with Gasteiger partial charge in [0.1, 0.15) is 6.61 Å². The molecule has 0 spiro atoms. The molecule has 7 nitrogen and oxygen atoms in total. The minimum absolute atomic E-state index is 0.0945. The number of hydrogen-bond acceptors (Lipinski definition) is 6. The van der Waals surface area contributed by atoms with E-state index in [1.54, 1.807) is 12.3 Å². The fraction of sp³-hybridized carbons (Fsp3) is 0.345. The summed E-state index contributed by atoms with van der Waals surface area (Å²) in [6, 6.07) is 19.6. The third-order valence-corrected chi connectivity index (χ3v) is 7.28. The monoisotopic (exact) mass is 481 g/mol. The molecule has 2 fully saturated rings. The first kappa shape index (κ1) is 23.8. The zero-order valence-electron chi connectivity index (χ0n) is 20.4. The van der Waals surface area contributed by atoms with Crippen LogP contribution in [0.15, 0.2) is 60.8 Å². The smallest absolute Gasteiger partial charge is 0.253 e. The zero-order valence-corrected chi connectivity index (χ0v) is 20.4. The lowest BCUT2D eigenvalue weighted by Gasteiger charge is -2.36. The molecule has 184 valence electrons. The normalized spacial score (nSPS) is 16.6. The Hall–Kier alpha value is -3.89. The Labute approximate surface area is 212 Å². The highest BCUT2D eigenvalue weighted by molar-refractivity contribution is 5.94. The molecule has 0 saturated carbocycles. The fourth-order valence-electron chi connectivity index (χ4n) is 5.17. The lowest BCUT2D eigenvalue weighted by atomic mass is 10.0. The maximum absolute atomic E-state index is 13.1. The quantitative estimate of drug-likeness (QED) is 0.558. The SMILES string of the molecule is N#Cc1ccccc1COc1cc(-c2ccc(C(=O)N3CCC(N4CCCC4)CC3)cc2)cnc1N. The maximum atomic E-state index is 13.1. The van der Waals surface area contributed by atoms with Gasteiger partial charge in [0.2, 0.25) is 0 Å². The van der Waals surface area contributed by atoms with Crippen molar-refractivity contribution < 1.29 is 9.53 Å². The first-order valence-corrected chi connectivity index (χ1v) is 12.6. The lowest BCUT2D eigenvalue weighted by Crippen LogP contribution is -2.45. The number of benzene rings is 2. The molecule has 3 aromatic rings. The van der Waals surface area contributed by atoms with Gasteiger partial charge in [-0.3, -0.25) is 4.79 Å². The molecule has 0 radical (unpaired) electrons. The van der Waals surface area contributed by atoms with Crippen molar-refractivity contribution in [1.82, 2.24) is 14.8 Å². The average Bonchev–Trinajstić information content (AvgIpc) is 3.48. The van der Waals surface area contributed by atoms with E-state index in [9.17, 15) is 10.1 Å². The molecule has 7 heteroatoms. The second kappa shape index (κ2) is 10.8. The molecule has 2 saturated heterocycles. The number of anilines is 1. The summed E-state index contributed by atoms with van der Waals surface area (Å²) in [6.45, 7) is 4.28. The number of rotatable bonds is 6. The van der Waals surface area contributed by atoms with Crippen molar-refractivity contribution in [3.8, 4) is 22.9 Å². The first-order chi connectivity index (χ1) is 17.6. The molecule has 2 aliphatic rings. The predicted molar refractivity (Wildman–Crippen MR) is 139 cm³/mol. The number of pyridine rings is 1. The van der Waals surface area contributed by atoms with Crippen LogP contribution in [0.5, 0.6) is 5.75 Å². The van der Waals surface area contributed by atoms with Crippen molar-refractivity contribution in [1.29, 1.82) is 5.26 Å². The number of hydrogen-bond donors (Lipinski definition) is 1. The van der Waals surface area contributed by atoms with Gasteiger partial charge in [0.15, 0.2) is 11.6 Å². The molecular weight excluding hydrogens is 450 g/mol. The number of nitrogen functional groups attached to an aromatic ring is 1. The van der Waals surface area contributed by atoms with Crippen LogP contribution in [0.1, 0.15) is 47.2 Å². The molecule has 2 aromatic carbocycles. The van der Waals surface area contributed by atoms with Crippen molar-refractivity contribution in [2.24, 2.45) is 0 Å². The summed E-state index contributed by atoms with van der Waals surface area (Å²) in [5.74, 6) is 0.843. The van der Waals surface area contributed by atoms with E-state index in [0.29, 0.717) is 22.9 Å². The van der Waals surface area contributed by atoms with Gasteiger partial charge in [0.25, 0.3) is 5.91 Å². The highest BCUT2D eigenvalue weighted by Gasteiger charge is 2.28. The van der Waals surface area contributed by atoms with E-state index in [4.69, 9.17) is 10.5 Å². The van der Waals surface area contributed by atoms with Crippen LogP contribution in [-0.4, -0.2) is 52.9 Å². The van der Waals surface area contributed by atoms with Crippen molar-refractivity contribution in [3.05, 3.63) is 77.5 Å². The Morgan fingerprint density at radius 2 is 1.75 bits per heavy atom. The van der Waals surface area contributed by atoms with E-state index in [1.807, 2.05) is 53.4 Å². The minimum atomic E-state index is 0.0945. The Kier molecular flexibility index (Phi) is 7.15. The van der Waals surface area contributed by atoms with Crippen LogP contribution in [0.4, 0.5) is 5.82 Å². The van der Waals surface area contributed by atoms with Crippen molar-refractivity contribution in [3.63, 3.8) is 0 Å². The number of carbonyl (C=O) groups is 1. The number of nitrogens with two attached hydrogens (primary N) is 1. The minimum Gasteiger partial charge on any atom is -0.485 e. The van der Waals surface area contributed by atoms with E-state index in [1.165, 1.54) is 25.9 Å². The molecule has 2 N–H and O–H groups in total. The molecule has 1 aromatic heterocycles. The summed E-state index contributed by atoms with van der Waals surface area (Å²) in [5, 5.41) is 9.29. The number of amides is 1. The third kappa shape index (κ3) is 5.19. The van der Waals surface area contributed by atoms with Crippen LogP contribution in [0.3, 0.4) is 0 Å². The van der Waals surface area contributed by atoms with Crippen LogP contribution in [0.2, 0.25) is 0 Å². The summed E-state index contributed by atoms with van der Waals surface area (Å²) >= 11 is 0. The van der Waals surface area contributed by atoms with Crippen molar-refractivity contribution >= 4 is 11.7 Å². The zero-order chi connectivity index (χ0) is 24.9. The maximum Gasteiger partial charge on any atom is 0.253 e. The molecule has 0 atom stereocenters. The molecule has 3 heterocycles. The van der Waals surface area contributed by atoms with E-state index in [2.05, 4.69) is 16.0 Å². The van der Waals surface area contributed by atoms with E-state index in [-0.39, 0.29) is 18.3 Å². The van der Waals surface area contributed by atoms with Gasteiger partial charge in [-0.2, -0.15) is 5.26 Å². The third-order valence-electron chi connectivity index (χ3n) is 7.28. The lowest BCUT2D eigenvalue weighted by molar-refractivity contribution is 0.0644. The molecule has 0 unspecified atom stereocenters. The molecule has 36 heavy (non-hydrogen) atoms. The second-order valence-corrected chi connectivity index (χ2v) is 9.51. The number of nitrogens with zero attached hydrogens (tertiary/aromatic N) is 4. The Bertz CT molecular complexity index is 1250. The van der Waals surface area contributed by atoms with E-state index in [0.717, 1.165) is 42.6 Å². The second-order valence-electron chi connectivity index (χ2n) is 9.51. The molecule has 1 amide bonds. The topological polar surface area (TPSA) is 95.5 Å². The van der Waals surface area contributed by atoms with Crippen molar-refractivity contribution in [2.75, 3.05) is 31.9 Å². The van der Waals surface area contributed by atoms with Gasteiger partial charge in [-0.15, -0.1) is 0 Å². The number of ether oxygens (including phenoxy) is 1. The van der Waals surface area contributed by atoms with Crippen molar-refractivity contribution in [2.45, 2.75) is 38.3 Å². The van der Waals surface area contributed by atoms with Crippen LogP contribution >= 0.6 is 0 Å². The van der Waals surface area contributed by atoms with Gasteiger partial charge in [0.05, 0.1) is 11.6 Å². The molecule has 5 rings (SSSR count). The van der Waals surface area contributed by atoms with E-state index >= 15 is 0 Å². The Morgan fingerprint density at radius 1 is 1.03 bits per heavy atom. The molecule has 2 aliphatic heterocycles. The Balaban J connectivity index is 1.23. The highest BCUT2D eigenvalue weighted by atomic mass is 16.5. The molecule has 0 bridgehead atoms. The average molecular weight is 482 g/mol. The summed E-state index contributed by atoms with van der Waals surface area (Å²) in [5.41, 5.74) is 9.87. The van der Waals surface area contributed by atoms with Gasteiger partial charge < -0.3 is 20.3 Å². The molecular formula is C29H31N5O2. The summed E-state index contributed by atoms with van der Waals surface area (Å²) in [7, 11) is 0. The van der Waals surface area contributed by atoms with Crippen LogP contribution in [-0.2, 0) is 6.61 Å². The number of aromatic nitrogens is 1. The van der Waals surface area contributed by atoms with Gasteiger partial charge in [-0.25, -0.2) is 4.98 Å². The number of nitriles is 1. The van der Waals surface area contributed by atoms with Crippen LogP contribution in [0.25, 0.3) is 11.1 Å². The summed E-state index contributed by atoms with van der Waals surface area (Å²) < 4.78 is 5.91. The molecule has 0 aliphatic carbocycles. The highest BCUT2D eigenvalue weighted by Crippen LogP contribution is 2.29. The van der Waals surface area contributed by atoms with Crippen LogP contribution < -0.4 is 10.5 Å². The van der Waals surface area contributed by atoms with Gasteiger partial charge >= 0.3 is 0 Å². The van der Waals surface area contributed by atoms with Gasteiger partial charge in [-0.1, -0.05) is 30.3 Å². The van der Waals surface area contributed by atoms with Crippen LogP contribution in [0, 0.1) is 11.3 Å². The predicted octanol–water partition coefficient (Wildman–Crippen LogP) is 4.48. The number of piperidine rings is 1. The fourth-order valence-corrected chi connectivity index (χ4v) is 5.17. The largest absolute Gasteiger partial charge is 0.485 e. The standard InChI is InChI=1S/C29H31N5O2/c30-18-23-5-1-2-6-24(23)20-36-27-17-25(19-32-28(27)31)21-7-9-22(10-8-21)29(35)34-15-11-26(12-16-34)33-13-3-4-14-33/h1-2,5-10,17,19,26H,3-4,11-16,20H2,(H2,31,32). The van der Waals surface area contributed by atoms with Gasteiger partial charge in [0, 0.05) is 42.0 Å². The van der Waals surface area contributed by atoms with Gasteiger partial charge in [-0.05, 0) is 68.6 Å². The summed E-state index contributed by atoms with van der Waals surface area (Å²) in [6.07, 6.45) is 6.42. The van der Waals surface area contributed by atoms with E-state index < -0.39 is 0 Å². The Morgan fingerprint density at radius 3 is 2.47 bits per heavy atom. The summed E-state index contributed by atoms with van der Waals surface area (Å²) in [4.78, 5) is 22.0. The number of carbonyl (C=O) groups excluding carboxylic acids is 1.